The molecule has 1 N–H and O–H groups in total. The molecule has 0 radical (unpaired) electrons. The molecule has 0 atom stereocenters. The zero-order valence-corrected chi connectivity index (χ0v) is 14.6. The quantitative estimate of drug-likeness (QED) is 0.820. The Hall–Kier alpha value is -1.15. The largest absolute Gasteiger partial charge is 0.496 e. The van der Waals surface area contributed by atoms with E-state index in [-0.39, 0.29) is 11.6 Å². The molecular weight excluding hydrogens is 397 g/mol. The summed E-state index contributed by atoms with van der Waals surface area (Å²) < 4.78 is 46.4. The molecule has 0 fully saturated rings. The van der Waals surface area contributed by atoms with Crippen molar-refractivity contribution in [3.63, 3.8) is 0 Å². The number of methoxy groups -OCH3 is 1. The molecule has 0 saturated carbocycles. The number of benzene rings is 2. The van der Waals surface area contributed by atoms with Gasteiger partial charge in [-0.05, 0) is 36.4 Å². The van der Waals surface area contributed by atoms with Gasteiger partial charge in [0.1, 0.15) is 16.5 Å². The van der Waals surface area contributed by atoms with Crippen LogP contribution in [0.15, 0.2) is 45.8 Å². The average Bonchev–Trinajstić information content (AvgIpc) is 2.45. The Labute approximate surface area is 141 Å². The lowest BCUT2D eigenvalue weighted by molar-refractivity contribution is 0.409. The first-order chi connectivity index (χ1) is 10.3. The Morgan fingerprint density at radius 3 is 2.64 bits per heavy atom. The van der Waals surface area contributed by atoms with E-state index in [1.165, 1.54) is 13.2 Å². The van der Waals surface area contributed by atoms with Crippen molar-refractivity contribution in [3.8, 4) is 5.75 Å². The van der Waals surface area contributed by atoms with E-state index in [1.807, 2.05) is 0 Å². The molecule has 22 heavy (non-hydrogen) atoms. The van der Waals surface area contributed by atoms with Crippen LogP contribution in [0, 0.1) is 5.82 Å². The van der Waals surface area contributed by atoms with Gasteiger partial charge in [0.15, 0.2) is 0 Å². The van der Waals surface area contributed by atoms with E-state index >= 15 is 0 Å². The van der Waals surface area contributed by atoms with E-state index in [0.29, 0.717) is 11.3 Å². The summed E-state index contributed by atoms with van der Waals surface area (Å²) >= 11 is 8.92. The molecular formula is C14H12BrClFNO3S. The molecule has 0 aromatic heterocycles. The van der Waals surface area contributed by atoms with Crippen molar-refractivity contribution < 1.29 is 17.5 Å². The van der Waals surface area contributed by atoms with E-state index in [4.69, 9.17) is 16.3 Å². The lowest BCUT2D eigenvalue weighted by atomic mass is 10.2. The van der Waals surface area contributed by atoms with E-state index in [2.05, 4.69) is 20.7 Å². The van der Waals surface area contributed by atoms with Gasteiger partial charge in [0.2, 0.25) is 10.0 Å². The molecule has 118 valence electrons. The predicted molar refractivity (Wildman–Crippen MR) is 86.1 cm³/mol. The highest BCUT2D eigenvalue weighted by molar-refractivity contribution is 9.10. The van der Waals surface area contributed by atoms with Crippen molar-refractivity contribution in [1.82, 2.24) is 4.72 Å². The van der Waals surface area contributed by atoms with Crippen LogP contribution in [0.2, 0.25) is 5.02 Å². The fourth-order valence-corrected chi connectivity index (χ4v) is 3.46. The second-order valence-electron chi connectivity index (χ2n) is 4.36. The maximum absolute atomic E-state index is 13.7. The summed E-state index contributed by atoms with van der Waals surface area (Å²) in [7, 11) is -2.51. The summed E-state index contributed by atoms with van der Waals surface area (Å²) in [5, 5.41) is 0.130. The van der Waals surface area contributed by atoms with Gasteiger partial charge in [-0.15, -0.1) is 0 Å². The van der Waals surface area contributed by atoms with Gasteiger partial charge in [-0.2, -0.15) is 0 Å². The van der Waals surface area contributed by atoms with Crippen LogP contribution in [0.1, 0.15) is 5.56 Å². The lowest BCUT2D eigenvalue weighted by Gasteiger charge is -2.11. The van der Waals surface area contributed by atoms with Crippen molar-refractivity contribution in [2.75, 3.05) is 7.11 Å². The van der Waals surface area contributed by atoms with Crippen LogP contribution in [-0.4, -0.2) is 15.5 Å². The Morgan fingerprint density at radius 1 is 1.27 bits per heavy atom. The number of nitrogens with one attached hydrogen (secondary N) is 1. The third-order valence-corrected chi connectivity index (χ3v) is 5.04. The predicted octanol–water partition coefficient (Wildman–Crippen LogP) is 3.73. The molecule has 0 heterocycles. The zero-order valence-electron chi connectivity index (χ0n) is 11.4. The maximum atomic E-state index is 13.7. The zero-order chi connectivity index (χ0) is 16.3. The topological polar surface area (TPSA) is 55.4 Å². The van der Waals surface area contributed by atoms with Gasteiger partial charge in [0, 0.05) is 21.6 Å². The lowest BCUT2D eigenvalue weighted by Crippen LogP contribution is -2.24. The summed E-state index contributed by atoms with van der Waals surface area (Å²) in [5.41, 5.74) is 0.620. The first-order valence-corrected chi connectivity index (χ1v) is 8.76. The minimum atomic E-state index is -4.00. The number of hydrogen-bond donors (Lipinski definition) is 1. The molecule has 0 aliphatic heterocycles. The highest BCUT2D eigenvalue weighted by Crippen LogP contribution is 2.24. The number of hydrogen-bond acceptors (Lipinski definition) is 3. The number of sulfonamides is 1. The highest BCUT2D eigenvalue weighted by atomic mass is 79.9. The summed E-state index contributed by atoms with van der Waals surface area (Å²) in [4.78, 5) is -0.453. The number of halogens is 3. The van der Waals surface area contributed by atoms with E-state index < -0.39 is 20.7 Å². The third kappa shape index (κ3) is 3.98. The molecule has 2 aromatic carbocycles. The molecule has 0 aliphatic carbocycles. The standard InChI is InChI=1S/C14H12BrClFNO3S/c1-21-13-4-2-10(15)6-9(13)8-18-22(19,20)14-5-3-11(16)7-12(14)17/h2-7,18H,8H2,1H3. The molecule has 0 amide bonds. The fraction of sp³-hybridized carbons (Fsp3) is 0.143. The molecule has 0 saturated heterocycles. The van der Waals surface area contributed by atoms with Crippen LogP contribution in [0.5, 0.6) is 5.75 Å². The Morgan fingerprint density at radius 2 is 2.00 bits per heavy atom. The van der Waals surface area contributed by atoms with E-state index in [9.17, 15) is 12.8 Å². The Balaban J connectivity index is 2.25. The van der Waals surface area contributed by atoms with E-state index in [0.717, 1.165) is 16.6 Å². The molecule has 0 bridgehead atoms. The van der Waals surface area contributed by atoms with Crippen molar-refractivity contribution in [1.29, 1.82) is 0 Å². The normalized spacial score (nSPS) is 11.5. The maximum Gasteiger partial charge on any atom is 0.243 e. The molecule has 0 unspecified atom stereocenters. The SMILES string of the molecule is COc1ccc(Br)cc1CNS(=O)(=O)c1ccc(Cl)cc1F. The number of rotatable bonds is 5. The second-order valence-corrected chi connectivity index (χ2v) is 7.44. The van der Waals surface area contributed by atoms with Gasteiger partial charge < -0.3 is 4.74 Å². The fourth-order valence-electron chi connectivity index (χ4n) is 1.83. The van der Waals surface area contributed by atoms with Crippen LogP contribution in [0.4, 0.5) is 4.39 Å². The average molecular weight is 409 g/mol. The van der Waals surface area contributed by atoms with Crippen LogP contribution in [0.3, 0.4) is 0 Å². The smallest absolute Gasteiger partial charge is 0.243 e. The van der Waals surface area contributed by atoms with Gasteiger partial charge in [0.05, 0.1) is 7.11 Å². The monoisotopic (exact) mass is 407 g/mol. The van der Waals surface area contributed by atoms with Crippen LogP contribution in [-0.2, 0) is 16.6 Å². The Bertz CT molecular complexity index is 799. The van der Waals surface area contributed by atoms with Gasteiger partial charge in [-0.1, -0.05) is 27.5 Å². The van der Waals surface area contributed by atoms with Gasteiger partial charge in [-0.25, -0.2) is 17.5 Å². The first kappa shape index (κ1) is 17.2. The van der Waals surface area contributed by atoms with Crippen LogP contribution < -0.4 is 9.46 Å². The van der Waals surface area contributed by atoms with Gasteiger partial charge in [-0.3, -0.25) is 0 Å². The summed E-state index contributed by atoms with van der Waals surface area (Å²) in [6.07, 6.45) is 0. The van der Waals surface area contributed by atoms with Crippen molar-refractivity contribution in [3.05, 3.63) is 57.3 Å². The second kappa shape index (κ2) is 6.95. The van der Waals surface area contributed by atoms with Crippen LogP contribution >= 0.6 is 27.5 Å². The Kier molecular flexibility index (Phi) is 5.44. The number of ether oxygens (including phenoxy) is 1. The summed E-state index contributed by atoms with van der Waals surface area (Å²) in [5.74, 6) is -0.372. The van der Waals surface area contributed by atoms with E-state index in [1.54, 1.807) is 18.2 Å². The first-order valence-electron chi connectivity index (χ1n) is 6.10. The summed E-state index contributed by atoms with van der Waals surface area (Å²) in [6.45, 7) is -0.0347. The highest BCUT2D eigenvalue weighted by Gasteiger charge is 2.19. The van der Waals surface area contributed by atoms with Crippen LogP contribution in [0.25, 0.3) is 0 Å². The minimum Gasteiger partial charge on any atom is -0.496 e. The molecule has 0 spiro atoms. The minimum absolute atomic E-state index is 0.0347. The summed E-state index contributed by atoms with van der Waals surface area (Å²) in [6, 6.07) is 8.60. The molecule has 0 aliphatic rings. The molecule has 8 heteroatoms. The van der Waals surface area contributed by atoms with Crippen molar-refractivity contribution in [2.24, 2.45) is 0 Å². The van der Waals surface area contributed by atoms with Crippen molar-refractivity contribution >= 4 is 37.6 Å². The molecule has 2 rings (SSSR count). The molecule has 2 aromatic rings. The molecule has 4 nitrogen and oxygen atoms in total. The van der Waals surface area contributed by atoms with Gasteiger partial charge >= 0.3 is 0 Å². The van der Waals surface area contributed by atoms with Gasteiger partial charge in [0.25, 0.3) is 0 Å². The third-order valence-electron chi connectivity index (χ3n) is 2.88. The van der Waals surface area contributed by atoms with Crippen molar-refractivity contribution in [2.45, 2.75) is 11.4 Å².